The summed E-state index contributed by atoms with van der Waals surface area (Å²) in [6.07, 6.45) is 1.63. The van der Waals surface area contributed by atoms with Gasteiger partial charge in [-0.3, -0.25) is 9.48 Å². The maximum atomic E-state index is 13.2. The number of nitrogens with zero attached hydrogens (tertiary/aromatic N) is 8. The molecule has 2 fully saturated rings. The van der Waals surface area contributed by atoms with Gasteiger partial charge in [0, 0.05) is 71.0 Å². The molecule has 178 valence electrons. The number of piperazine rings is 2. The summed E-state index contributed by atoms with van der Waals surface area (Å²) < 4.78 is 14.8. The minimum atomic E-state index is -0.298. The van der Waals surface area contributed by atoms with Crippen molar-refractivity contribution in [2.45, 2.75) is 0 Å². The van der Waals surface area contributed by atoms with E-state index in [1.54, 1.807) is 36.3 Å². The van der Waals surface area contributed by atoms with Crippen LogP contribution < -0.4 is 9.80 Å². The number of aromatic nitrogens is 4. The van der Waals surface area contributed by atoms with Crippen LogP contribution in [0.15, 0.2) is 42.7 Å². The van der Waals surface area contributed by atoms with Crippen LogP contribution in [0.1, 0.15) is 10.5 Å². The fourth-order valence-electron chi connectivity index (χ4n) is 4.45. The molecule has 0 unspecified atom stereocenters. The quantitative estimate of drug-likeness (QED) is 0.582. The highest BCUT2D eigenvalue weighted by atomic mass is 19.1. The van der Waals surface area contributed by atoms with Gasteiger partial charge in [0.15, 0.2) is 0 Å². The first kappa shape index (κ1) is 22.3. The molecule has 0 spiro atoms. The van der Waals surface area contributed by atoms with E-state index in [0.717, 1.165) is 43.4 Å². The third-order valence-electron chi connectivity index (χ3n) is 6.60. The van der Waals surface area contributed by atoms with Crippen LogP contribution in [0.2, 0.25) is 0 Å². The van der Waals surface area contributed by atoms with E-state index in [2.05, 4.69) is 42.9 Å². The van der Waals surface area contributed by atoms with Crippen molar-refractivity contribution < 1.29 is 9.18 Å². The molecule has 0 aliphatic carbocycles. The predicted octanol–water partition coefficient (Wildman–Crippen LogP) is 1.73. The maximum absolute atomic E-state index is 13.2. The molecule has 10 heteroatoms. The summed E-state index contributed by atoms with van der Waals surface area (Å²) in [5.41, 5.74) is 1.95. The van der Waals surface area contributed by atoms with Gasteiger partial charge in [0.1, 0.15) is 29.5 Å². The average molecular weight is 465 g/mol. The van der Waals surface area contributed by atoms with Crippen molar-refractivity contribution in [3.05, 3.63) is 54.2 Å². The second kappa shape index (κ2) is 9.38. The lowest BCUT2D eigenvalue weighted by atomic mass is 10.1. The molecule has 0 radical (unpaired) electrons. The molecule has 0 saturated carbocycles. The molecule has 3 aromatic rings. The maximum Gasteiger partial charge on any atom is 0.272 e. The van der Waals surface area contributed by atoms with E-state index in [1.807, 2.05) is 4.90 Å². The van der Waals surface area contributed by atoms with E-state index in [1.165, 1.54) is 12.1 Å². The number of carbonyl (C=O) groups excluding carboxylic acids is 1. The third kappa shape index (κ3) is 4.58. The van der Waals surface area contributed by atoms with Gasteiger partial charge >= 0.3 is 0 Å². The SMILES string of the molecule is CN1CCN(c2cc(N3CCN(C(=O)c4cc(-c5ccc(F)cc5)nn4C)CC3)ncn2)CC1. The van der Waals surface area contributed by atoms with E-state index in [9.17, 15) is 9.18 Å². The third-order valence-corrected chi connectivity index (χ3v) is 6.60. The monoisotopic (exact) mass is 464 g/mol. The molecule has 2 aliphatic rings. The molecule has 0 bridgehead atoms. The zero-order valence-corrected chi connectivity index (χ0v) is 19.6. The van der Waals surface area contributed by atoms with Gasteiger partial charge in [0.05, 0.1) is 5.69 Å². The van der Waals surface area contributed by atoms with Gasteiger partial charge in [-0.25, -0.2) is 14.4 Å². The number of halogens is 1. The lowest BCUT2D eigenvalue weighted by Gasteiger charge is -2.36. The predicted molar refractivity (Wildman–Crippen MR) is 128 cm³/mol. The van der Waals surface area contributed by atoms with E-state index < -0.39 is 0 Å². The number of hydrogen-bond donors (Lipinski definition) is 0. The zero-order valence-electron chi connectivity index (χ0n) is 19.6. The van der Waals surface area contributed by atoms with E-state index in [0.29, 0.717) is 37.6 Å². The molecular formula is C24H29FN8O. The Balaban J connectivity index is 1.23. The average Bonchev–Trinajstić information content (AvgIpc) is 3.26. The Bertz CT molecular complexity index is 1150. The van der Waals surface area contributed by atoms with Gasteiger partial charge < -0.3 is 19.6 Å². The summed E-state index contributed by atoms with van der Waals surface area (Å²) in [4.78, 5) is 30.8. The molecular weight excluding hydrogens is 435 g/mol. The Kier molecular flexibility index (Phi) is 6.14. The number of carbonyl (C=O) groups is 1. The number of amides is 1. The van der Waals surface area contributed by atoms with Crippen LogP contribution in [0.4, 0.5) is 16.0 Å². The molecule has 1 aromatic carbocycles. The second-order valence-electron chi connectivity index (χ2n) is 8.85. The van der Waals surface area contributed by atoms with Crippen LogP contribution in [-0.4, -0.2) is 94.9 Å². The van der Waals surface area contributed by atoms with Gasteiger partial charge in [-0.2, -0.15) is 5.10 Å². The van der Waals surface area contributed by atoms with Crippen molar-refractivity contribution in [1.82, 2.24) is 29.5 Å². The minimum absolute atomic E-state index is 0.0520. The second-order valence-corrected chi connectivity index (χ2v) is 8.85. The van der Waals surface area contributed by atoms with E-state index in [4.69, 9.17) is 0 Å². The Morgan fingerprint density at radius 2 is 1.41 bits per heavy atom. The first-order valence-corrected chi connectivity index (χ1v) is 11.6. The topological polar surface area (TPSA) is 73.6 Å². The Morgan fingerprint density at radius 3 is 2.03 bits per heavy atom. The summed E-state index contributed by atoms with van der Waals surface area (Å²) in [6.45, 7) is 6.57. The number of hydrogen-bond acceptors (Lipinski definition) is 7. The number of anilines is 2. The number of rotatable bonds is 4. The van der Waals surface area contributed by atoms with Crippen molar-refractivity contribution in [2.75, 3.05) is 69.2 Å². The Hall–Kier alpha value is -3.53. The Labute approximate surface area is 198 Å². The highest BCUT2D eigenvalue weighted by Gasteiger charge is 2.26. The lowest BCUT2D eigenvalue weighted by Crippen LogP contribution is -2.49. The fourth-order valence-corrected chi connectivity index (χ4v) is 4.45. The van der Waals surface area contributed by atoms with Crippen LogP contribution in [0.5, 0.6) is 0 Å². The normalized spacial score (nSPS) is 17.3. The highest BCUT2D eigenvalue weighted by molar-refractivity contribution is 5.94. The molecule has 4 heterocycles. The van der Waals surface area contributed by atoms with Crippen LogP contribution in [0, 0.1) is 5.82 Å². The van der Waals surface area contributed by atoms with Crippen molar-refractivity contribution in [3.63, 3.8) is 0 Å². The standard InChI is InChI=1S/C24H29FN8O/c1-29-7-9-31(10-8-29)22-16-23(27-17-26-22)32-11-13-33(14-12-32)24(34)21-15-20(28-30(21)2)18-3-5-19(25)6-4-18/h3-6,15-17H,7-14H2,1-2H3. The minimum Gasteiger partial charge on any atom is -0.354 e. The lowest BCUT2D eigenvalue weighted by molar-refractivity contribution is 0.0735. The summed E-state index contributed by atoms with van der Waals surface area (Å²) in [6, 6.07) is 9.96. The summed E-state index contributed by atoms with van der Waals surface area (Å²) in [5, 5.41) is 4.46. The first-order valence-electron chi connectivity index (χ1n) is 11.6. The largest absolute Gasteiger partial charge is 0.354 e. The van der Waals surface area contributed by atoms with Crippen LogP contribution in [0.25, 0.3) is 11.3 Å². The summed E-state index contributed by atoms with van der Waals surface area (Å²) in [5.74, 6) is 1.51. The number of aryl methyl sites for hydroxylation is 1. The van der Waals surface area contributed by atoms with E-state index in [-0.39, 0.29) is 11.7 Å². The van der Waals surface area contributed by atoms with Gasteiger partial charge in [-0.15, -0.1) is 0 Å². The van der Waals surface area contributed by atoms with Crippen molar-refractivity contribution in [3.8, 4) is 11.3 Å². The number of benzene rings is 1. The summed E-state index contributed by atoms with van der Waals surface area (Å²) >= 11 is 0. The van der Waals surface area contributed by atoms with Gasteiger partial charge in [0.2, 0.25) is 0 Å². The van der Waals surface area contributed by atoms with Crippen LogP contribution in [-0.2, 0) is 7.05 Å². The van der Waals surface area contributed by atoms with Crippen LogP contribution >= 0.6 is 0 Å². The molecule has 9 nitrogen and oxygen atoms in total. The fraction of sp³-hybridized carbons (Fsp3) is 0.417. The molecule has 5 rings (SSSR count). The number of likely N-dealkylation sites (N-methyl/N-ethyl adjacent to an activating group) is 1. The molecule has 2 saturated heterocycles. The van der Waals surface area contributed by atoms with Crippen molar-refractivity contribution >= 4 is 17.5 Å². The summed E-state index contributed by atoms with van der Waals surface area (Å²) in [7, 11) is 3.90. The smallest absolute Gasteiger partial charge is 0.272 e. The van der Waals surface area contributed by atoms with Crippen molar-refractivity contribution in [1.29, 1.82) is 0 Å². The van der Waals surface area contributed by atoms with Gasteiger partial charge in [-0.05, 0) is 37.4 Å². The first-order chi connectivity index (χ1) is 16.5. The molecule has 1 amide bonds. The molecule has 2 aromatic heterocycles. The van der Waals surface area contributed by atoms with E-state index >= 15 is 0 Å². The van der Waals surface area contributed by atoms with Gasteiger partial charge in [-0.1, -0.05) is 0 Å². The Morgan fingerprint density at radius 1 is 0.824 bits per heavy atom. The van der Waals surface area contributed by atoms with Crippen LogP contribution in [0.3, 0.4) is 0 Å². The zero-order chi connectivity index (χ0) is 23.7. The van der Waals surface area contributed by atoms with Crippen molar-refractivity contribution in [2.24, 2.45) is 7.05 Å². The van der Waals surface area contributed by atoms with Gasteiger partial charge in [0.25, 0.3) is 5.91 Å². The molecule has 0 N–H and O–H groups in total. The molecule has 2 aliphatic heterocycles. The molecule has 34 heavy (non-hydrogen) atoms. The highest BCUT2D eigenvalue weighted by Crippen LogP contribution is 2.23. The molecule has 0 atom stereocenters.